The van der Waals surface area contributed by atoms with Gasteiger partial charge in [-0.15, -0.1) is 11.3 Å². The number of hydrogen-bond acceptors (Lipinski definition) is 2. The Hall–Kier alpha value is -2.01. The van der Waals surface area contributed by atoms with Crippen molar-refractivity contribution in [1.29, 1.82) is 0 Å². The number of ether oxygens (including phenoxy) is 1. The van der Waals surface area contributed by atoms with Gasteiger partial charge in [0.15, 0.2) is 0 Å². The Morgan fingerprint density at radius 3 is 2.52 bits per heavy atom. The molecule has 3 rings (SSSR count). The molecule has 0 radical (unpaired) electrons. The van der Waals surface area contributed by atoms with E-state index in [1.165, 1.54) is 12.1 Å². The van der Waals surface area contributed by atoms with Gasteiger partial charge in [0.25, 0.3) is 0 Å². The van der Waals surface area contributed by atoms with Crippen LogP contribution in [0.1, 0.15) is 10.4 Å². The molecule has 0 saturated heterocycles. The third kappa shape index (κ3) is 3.19. The minimum atomic E-state index is -4.35. The largest absolute Gasteiger partial charge is 0.488 e. The lowest BCUT2D eigenvalue weighted by atomic mass is 10.2. The van der Waals surface area contributed by atoms with Gasteiger partial charge in [-0.05, 0) is 35.7 Å². The summed E-state index contributed by atoms with van der Waals surface area (Å²) in [5, 5.41) is 1.12. The molecule has 0 N–H and O–H groups in total. The van der Waals surface area contributed by atoms with E-state index in [4.69, 9.17) is 4.74 Å². The molecule has 0 bridgehead atoms. The summed E-state index contributed by atoms with van der Waals surface area (Å²) in [6.07, 6.45) is -4.35. The van der Waals surface area contributed by atoms with E-state index in [0.29, 0.717) is 0 Å². The predicted octanol–water partition coefficient (Wildman–Crippen LogP) is 5.50. The van der Waals surface area contributed by atoms with E-state index >= 15 is 0 Å². The van der Waals surface area contributed by atoms with Gasteiger partial charge in [-0.2, -0.15) is 13.2 Å². The van der Waals surface area contributed by atoms with Crippen molar-refractivity contribution in [2.24, 2.45) is 0 Å². The average molecular weight is 308 g/mol. The summed E-state index contributed by atoms with van der Waals surface area (Å²) in [4.78, 5) is 0.980. The summed E-state index contributed by atoms with van der Waals surface area (Å²) in [6, 6.07) is 14.8. The first-order chi connectivity index (χ1) is 10.0. The van der Waals surface area contributed by atoms with E-state index in [-0.39, 0.29) is 12.4 Å². The second-order valence-corrected chi connectivity index (χ2v) is 5.73. The van der Waals surface area contributed by atoms with E-state index < -0.39 is 11.7 Å². The highest BCUT2D eigenvalue weighted by atomic mass is 32.1. The van der Waals surface area contributed by atoms with Crippen LogP contribution in [0, 0.1) is 0 Å². The predicted molar refractivity (Wildman–Crippen MR) is 77.6 cm³/mol. The number of thiophene rings is 1. The lowest BCUT2D eigenvalue weighted by Gasteiger charge is -2.09. The first-order valence-corrected chi connectivity index (χ1v) is 7.11. The van der Waals surface area contributed by atoms with Crippen molar-refractivity contribution in [2.75, 3.05) is 0 Å². The van der Waals surface area contributed by atoms with E-state index in [1.54, 1.807) is 11.3 Å². The molecule has 3 aromatic rings. The Labute approximate surface area is 123 Å². The van der Waals surface area contributed by atoms with Gasteiger partial charge in [-0.3, -0.25) is 0 Å². The summed E-state index contributed by atoms with van der Waals surface area (Å²) in [5.74, 6) is 0.224. The fourth-order valence-electron chi connectivity index (χ4n) is 2.02. The van der Waals surface area contributed by atoms with E-state index in [1.807, 2.05) is 30.3 Å². The minimum Gasteiger partial charge on any atom is -0.488 e. The molecular weight excluding hydrogens is 297 g/mol. The Kier molecular flexibility index (Phi) is 3.59. The number of halogens is 3. The smallest absolute Gasteiger partial charge is 0.416 e. The van der Waals surface area contributed by atoms with Crippen LogP contribution in [0.15, 0.2) is 54.6 Å². The third-order valence-electron chi connectivity index (χ3n) is 3.02. The zero-order valence-electron chi connectivity index (χ0n) is 10.9. The van der Waals surface area contributed by atoms with Crippen molar-refractivity contribution >= 4 is 21.4 Å². The maximum absolute atomic E-state index is 12.6. The lowest BCUT2D eigenvalue weighted by Crippen LogP contribution is -2.05. The van der Waals surface area contributed by atoms with Gasteiger partial charge in [0.1, 0.15) is 12.4 Å². The molecule has 1 aromatic heterocycles. The van der Waals surface area contributed by atoms with Crippen LogP contribution in [0.2, 0.25) is 0 Å². The minimum absolute atomic E-state index is 0.224. The van der Waals surface area contributed by atoms with Crippen molar-refractivity contribution in [1.82, 2.24) is 0 Å². The van der Waals surface area contributed by atoms with Crippen molar-refractivity contribution in [3.05, 3.63) is 65.0 Å². The molecule has 1 nitrogen and oxygen atoms in total. The van der Waals surface area contributed by atoms with Crippen LogP contribution in [-0.4, -0.2) is 0 Å². The van der Waals surface area contributed by atoms with Crippen molar-refractivity contribution in [3.63, 3.8) is 0 Å². The molecule has 108 valence electrons. The van der Waals surface area contributed by atoms with Crippen LogP contribution in [0.25, 0.3) is 10.1 Å². The van der Waals surface area contributed by atoms with Gasteiger partial charge in [-0.1, -0.05) is 24.3 Å². The molecule has 0 amide bonds. The van der Waals surface area contributed by atoms with Crippen LogP contribution >= 0.6 is 11.3 Å². The molecule has 0 aliphatic rings. The Balaban J connectivity index is 1.75. The molecule has 0 unspecified atom stereocenters. The standard InChI is InChI=1S/C16H11F3OS/c17-16(18,19)12-5-3-6-13(9-12)20-10-14-8-11-4-1-2-7-15(11)21-14/h1-9H,10H2. The first kappa shape index (κ1) is 13.9. The summed E-state index contributed by atoms with van der Waals surface area (Å²) in [5.41, 5.74) is -0.698. The maximum Gasteiger partial charge on any atom is 0.416 e. The summed E-state index contributed by atoms with van der Waals surface area (Å²) in [7, 11) is 0. The maximum atomic E-state index is 12.6. The third-order valence-corrected chi connectivity index (χ3v) is 4.11. The van der Waals surface area contributed by atoms with Crippen molar-refractivity contribution < 1.29 is 17.9 Å². The lowest BCUT2D eigenvalue weighted by molar-refractivity contribution is -0.137. The average Bonchev–Trinajstić information content (AvgIpc) is 2.87. The molecule has 0 atom stereocenters. The van der Waals surface area contributed by atoms with Gasteiger partial charge in [0.2, 0.25) is 0 Å². The highest BCUT2D eigenvalue weighted by molar-refractivity contribution is 7.19. The highest BCUT2D eigenvalue weighted by Crippen LogP contribution is 2.32. The SMILES string of the molecule is FC(F)(F)c1cccc(OCc2cc3ccccc3s2)c1. The van der Waals surface area contributed by atoms with Crippen LogP contribution in [-0.2, 0) is 12.8 Å². The number of fused-ring (bicyclic) bond motifs is 1. The molecule has 0 saturated carbocycles. The fraction of sp³-hybridized carbons (Fsp3) is 0.125. The summed E-state index contributed by atoms with van der Waals surface area (Å²) >= 11 is 1.58. The monoisotopic (exact) mass is 308 g/mol. The number of hydrogen-bond donors (Lipinski definition) is 0. The molecule has 0 fully saturated rings. The van der Waals surface area contributed by atoms with Crippen LogP contribution in [0.4, 0.5) is 13.2 Å². The van der Waals surface area contributed by atoms with Crippen molar-refractivity contribution in [3.8, 4) is 5.75 Å². The molecule has 0 aliphatic carbocycles. The normalized spacial score (nSPS) is 11.8. The quantitative estimate of drug-likeness (QED) is 0.621. The molecule has 1 heterocycles. The number of alkyl halides is 3. The highest BCUT2D eigenvalue weighted by Gasteiger charge is 2.30. The molecule has 2 aromatic carbocycles. The fourth-order valence-corrected chi connectivity index (χ4v) is 3.00. The summed E-state index contributed by atoms with van der Waals surface area (Å²) in [6.45, 7) is 0.265. The molecule has 0 spiro atoms. The van der Waals surface area contributed by atoms with E-state index in [9.17, 15) is 13.2 Å². The first-order valence-electron chi connectivity index (χ1n) is 6.30. The zero-order chi connectivity index (χ0) is 14.9. The number of rotatable bonds is 3. The molecule has 0 aliphatic heterocycles. The molecular formula is C16H11F3OS. The number of benzene rings is 2. The molecule has 21 heavy (non-hydrogen) atoms. The van der Waals surface area contributed by atoms with Gasteiger partial charge >= 0.3 is 6.18 Å². The molecule has 5 heteroatoms. The van der Waals surface area contributed by atoms with Gasteiger partial charge in [0.05, 0.1) is 5.56 Å². The van der Waals surface area contributed by atoms with Gasteiger partial charge in [-0.25, -0.2) is 0 Å². The Morgan fingerprint density at radius 2 is 1.76 bits per heavy atom. The van der Waals surface area contributed by atoms with Crippen molar-refractivity contribution in [2.45, 2.75) is 12.8 Å². The van der Waals surface area contributed by atoms with Crippen LogP contribution < -0.4 is 4.74 Å². The van der Waals surface area contributed by atoms with Crippen LogP contribution in [0.5, 0.6) is 5.75 Å². The Morgan fingerprint density at radius 1 is 0.952 bits per heavy atom. The van der Waals surface area contributed by atoms with Gasteiger partial charge < -0.3 is 4.74 Å². The van der Waals surface area contributed by atoms with Gasteiger partial charge in [0, 0.05) is 9.58 Å². The summed E-state index contributed by atoms with van der Waals surface area (Å²) < 4.78 is 44.5. The van der Waals surface area contributed by atoms with E-state index in [2.05, 4.69) is 0 Å². The van der Waals surface area contributed by atoms with Crippen LogP contribution in [0.3, 0.4) is 0 Å². The zero-order valence-corrected chi connectivity index (χ0v) is 11.7. The van der Waals surface area contributed by atoms with E-state index in [0.717, 1.165) is 27.1 Å². The second kappa shape index (κ2) is 5.41. The topological polar surface area (TPSA) is 9.23 Å². The second-order valence-electron chi connectivity index (χ2n) is 4.56. The Bertz CT molecular complexity index is 728.